The first-order valence-corrected chi connectivity index (χ1v) is 8.23. The van der Waals surface area contributed by atoms with Gasteiger partial charge in [-0.1, -0.05) is 6.42 Å². The average Bonchev–Trinajstić information content (AvgIpc) is 2.72. The molecule has 0 spiro atoms. The summed E-state index contributed by atoms with van der Waals surface area (Å²) >= 11 is 0. The molecule has 1 unspecified atom stereocenters. The molecule has 1 N–H and O–H groups in total. The van der Waals surface area contributed by atoms with Gasteiger partial charge in [0.25, 0.3) is 0 Å². The number of ether oxygens (including phenoxy) is 1. The first-order valence-electron chi connectivity index (χ1n) is 8.23. The van der Waals surface area contributed by atoms with E-state index < -0.39 is 17.6 Å². The predicted molar refractivity (Wildman–Crippen MR) is 81.1 cm³/mol. The van der Waals surface area contributed by atoms with E-state index in [1.165, 1.54) is 18.7 Å². The van der Waals surface area contributed by atoms with E-state index in [2.05, 4.69) is 5.32 Å². The molecule has 1 heterocycles. The summed E-state index contributed by atoms with van der Waals surface area (Å²) in [5, 5.41) is 2.87. The summed E-state index contributed by atoms with van der Waals surface area (Å²) in [5.74, 6) is -1.47. The van der Waals surface area contributed by atoms with Crippen molar-refractivity contribution >= 4 is 6.03 Å². The lowest BCUT2D eigenvalue weighted by Crippen LogP contribution is -2.54. The third kappa shape index (κ3) is 3.75. The first-order chi connectivity index (χ1) is 10.6. The number of hydrogen-bond donors (Lipinski definition) is 1. The predicted octanol–water partition coefficient (Wildman–Crippen LogP) is 3.57. The van der Waals surface area contributed by atoms with Crippen LogP contribution >= 0.6 is 0 Å². The minimum Gasteiger partial charge on any atom is -0.385 e. The van der Waals surface area contributed by atoms with Gasteiger partial charge in [-0.15, -0.1) is 0 Å². The molecule has 0 radical (unpaired) electrons. The SMILES string of the molecule is COCCC1(CNC(=O)N2CCC(C(F)(F)F)C2(C)C)CCC1. The van der Waals surface area contributed by atoms with Gasteiger partial charge < -0.3 is 15.0 Å². The second-order valence-electron chi connectivity index (χ2n) is 7.44. The van der Waals surface area contributed by atoms with E-state index in [1.807, 2.05) is 0 Å². The Morgan fingerprint density at radius 3 is 2.43 bits per heavy atom. The van der Waals surface area contributed by atoms with Crippen LogP contribution in [0.15, 0.2) is 0 Å². The normalized spacial score (nSPS) is 26.0. The third-order valence-corrected chi connectivity index (χ3v) is 5.70. The molecule has 7 heteroatoms. The summed E-state index contributed by atoms with van der Waals surface area (Å²) in [5.41, 5.74) is -1.15. The molecular weight excluding hydrogens is 309 g/mol. The Balaban J connectivity index is 1.93. The van der Waals surface area contributed by atoms with Gasteiger partial charge in [0.05, 0.1) is 11.5 Å². The average molecular weight is 336 g/mol. The van der Waals surface area contributed by atoms with Gasteiger partial charge in [-0.2, -0.15) is 13.2 Å². The van der Waals surface area contributed by atoms with E-state index >= 15 is 0 Å². The van der Waals surface area contributed by atoms with Crippen LogP contribution in [0.5, 0.6) is 0 Å². The summed E-state index contributed by atoms with van der Waals surface area (Å²) in [4.78, 5) is 13.8. The van der Waals surface area contributed by atoms with Gasteiger partial charge in [0.2, 0.25) is 0 Å². The lowest BCUT2D eigenvalue weighted by Gasteiger charge is -2.43. The summed E-state index contributed by atoms with van der Waals surface area (Å²) in [7, 11) is 1.65. The zero-order valence-corrected chi connectivity index (χ0v) is 14.1. The molecule has 2 fully saturated rings. The molecule has 2 amide bonds. The maximum Gasteiger partial charge on any atom is 0.394 e. The van der Waals surface area contributed by atoms with Gasteiger partial charge in [-0.3, -0.25) is 0 Å². The number of rotatable bonds is 5. The molecule has 1 aliphatic carbocycles. The fourth-order valence-corrected chi connectivity index (χ4v) is 3.88. The standard InChI is InChI=1S/C16H27F3N2O2/c1-14(2)12(16(17,18)19)5-9-21(14)13(22)20-11-15(6-4-7-15)8-10-23-3/h12H,4-11H2,1-3H3,(H,20,22). The molecule has 2 aliphatic rings. The molecular formula is C16H27F3N2O2. The fraction of sp³-hybridized carbons (Fsp3) is 0.938. The highest BCUT2D eigenvalue weighted by atomic mass is 19.4. The quantitative estimate of drug-likeness (QED) is 0.834. The molecule has 134 valence electrons. The van der Waals surface area contributed by atoms with Gasteiger partial charge in [-0.25, -0.2) is 4.79 Å². The molecule has 0 aromatic heterocycles. The van der Waals surface area contributed by atoms with Crippen molar-refractivity contribution < 1.29 is 22.7 Å². The minimum absolute atomic E-state index is 0.0290. The van der Waals surface area contributed by atoms with Crippen molar-refractivity contribution in [2.45, 2.75) is 57.7 Å². The molecule has 1 atom stereocenters. The van der Waals surface area contributed by atoms with Crippen LogP contribution in [0.25, 0.3) is 0 Å². The highest BCUT2D eigenvalue weighted by Crippen LogP contribution is 2.45. The fourth-order valence-electron chi connectivity index (χ4n) is 3.88. The molecule has 1 aliphatic heterocycles. The smallest absolute Gasteiger partial charge is 0.385 e. The summed E-state index contributed by atoms with van der Waals surface area (Å²) in [6, 6.07) is -0.384. The molecule has 1 saturated heterocycles. The van der Waals surface area contributed by atoms with Crippen molar-refractivity contribution in [3.8, 4) is 0 Å². The van der Waals surface area contributed by atoms with Gasteiger partial charge in [0.1, 0.15) is 0 Å². The number of amides is 2. The maximum atomic E-state index is 13.1. The zero-order valence-electron chi connectivity index (χ0n) is 14.1. The minimum atomic E-state index is -4.27. The van der Waals surface area contributed by atoms with Gasteiger partial charge in [-0.05, 0) is 44.9 Å². The van der Waals surface area contributed by atoms with Crippen molar-refractivity contribution in [1.82, 2.24) is 10.2 Å². The number of nitrogens with one attached hydrogen (secondary N) is 1. The Hall–Kier alpha value is -0.980. The van der Waals surface area contributed by atoms with E-state index in [-0.39, 0.29) is 24.4 Å². The number of carbonyl (C=O) groups is 1. The highest BCUT2D eigenvalue weighted by Gasteiger charge is 2.56. The molecule has 23 heavy (non-hydrogen) atoms. The number of likely N-dealkylation sites (tertiary alicyclic amines) is 1. The lowest BCUT2D eigenvalue weighted by molar-refractivity contribution is -0.189. The highest BCUT2D eigenvalue weighted by molar-refractivity contribution is 5.75. The van der Waals surface area contributed by atoms with Crippen LogP contribution < -0.4 is 5.32 Å². The molecule has 2 rings (SSSR count). The number of nitrogens with zero attached hydrogens (tertiary/aromatic N) is 1. The Kier molecular flexibility index (Phi) is 5.18. The van der Waals surface area contributed by atoms with Crippen LogP contribution in [0.1, 0.15) is 46.0 Å². The van der Waals surface area contributed by atoms with Gasteiger partial charge >= 0.3 is 12.2 Å². The number of urea groups is 1. The number of methoxy groups -OCH3 is 1. The Morgan fingerprint density at radius 1 is 1.35 bits per heavy atom. The van der Waals surface area contributed by atoms with Gasteiger partial charge in [0.15, 0.2) is 0 Å². The van der Waals surface area contributed by atoms with E-state index in [0.29, 0.717) is 13.2 Å². The monoisotopic (exact) mass is 336 g/mol. The number of carbonyl (C=O) groups excluding carboxylic acids is 1. The van der Waals surface area contributed by atoms with Crippen molar-refractivity contribution in [3.63, 3.8) is 0 Å². The van der Waals surface area contributed by atoms with Crippen LogP contribution in [0.2, 0.25) is 0 Å². The van der Waals surface area contributed by atoms with Crippen molar-refractivity contribution in [1.29, 1.82) is 0 Å². The molecule has 0 aromatic carbocycles. The van der Waals surface area contributed by atoms with E-state index in [4.69, 9.17) is 4.74 Å². The zero-order chi connectivity index (χ0) is 17.3. The van der Waals surface area contributed by atoms with Crippen LogP contribution in [0, 0.1) is 11.3 Å². The summed E-state index contributed by atoms with van der Waals surface area (Å²) in [6.45, 7) is 4.30. The van der Waals surface area contributed by atoms with Crippen LogP contribution in [-0.4, -0.2) is 49.5 Å². The second-order valence-corrected chi connectivity index (χ2v) is 7.44. The van der Waals surface area contributed by atoms with Crippen molar-refractivity contribution in [2.75, 3.05) is 26.8 Å². The van der Waals surface area contributed by atoms with Crippen LogP contribution in [-0.2, 0) is 4.74 Å². The maximum absolute atomic E-state index is 13.1. The van der Waals surface area contributed by atoms with E-state index in [0.717, 1.165) is 25.7 Å². The molecule has 0 aromatic rings. The second kappa shape index (κ2) is 6.49. The Bertz CT molecular complexity index is 434. The van der Waals surface area contributed by atoms with Gasteiger partial charge in [0, 0.05) is 26.8 Å². The first kappa shape index (κ1) is 18.4. The lowest BCUT2D eigenvalue weighted by atomic mass is 9.67. The van der Waals surface area contributed by atoms with E-state index in [9.17, 15) is 18.0 Å². The topological polar surface area (TPSA) is 41.6 Å². The largest absolute Gasteiger partial charge is 0.394 e. The summed E-state index contributed by atoms with van der Waals surface area (Å²) < 4.78 is 44.4. The number of halogens is 3. The molecule has 4 nitrogen and oxygen atoms in total. The molecule has 1 saturated carbocycles. The van der Waals surface area contributed by atoms with Crippen molar-refractivity contribution in [3.05, 3.63) is 0 Å². The Labute approximate surface area is 135 Å². The molecule has 0 bridgehead atoms. The summed E-state index contributed by atoms with van der Waals surface area (Å²) in [6.07, 6.45) is -0.232. The van der Waals surface area contributed by atoms with Crippen LogP contribution in [0.4, 0.5) is 18.0 Å². The van der Waals surface area contributed by atoms with E-state index in [1.54, 1.807) is 7.11 Å². The Morgan fingerprint density at radius 2 is 2.00 bits per heavy atom. The third-order valence-electron chi connectivity index (χ3n) is 5.70. The van der Waals surface area contributed by atoms with Crippen molar-refractivity contribution in [2.24, 2.45) is 11.3 Å². The number of hydrogen-bond acceptors (Lipinski definition) is 2. The number of alkyl halides is 3. The van der Waals surface area contributed by atoms with Crippen LogP contribution in [0.3, 0.4) is 0 Å².